The van der Waals surface area contributed by atoms with Crippen molar-refractivity contribution in [3.8, 4) is 0 Å². The van der Waals surface area contributed by atoms with Gasteiger partial charge >= 0.3 is 0 Å². The lowest BCUT2D eigenvalue weighted by Crippen LogP contribution is -2.20. The van der Waals surface area contributed by atoms with E-state index >= 15 is 0 Å². The van der Waals surface area contributed by atoms with Crippen molar-refractivity contribution >= 4 is 9.84 Å². The van der Waals surface area contributed by atoms with Gasteiger partial charge in [0, 0.05) is 12.3 Å². The van der Waals surface area contributed by atoms with Crippen LogP contribution in [-0.2, 0) is 9.84 Å². The minimum absolute atomic E-state index is 0.00352. The molecule has 0 bridgehead atoms. The second-order valence-electron chi connectivity index (χ2n) is 3.61. The first-order valence-electron chi connectivity index (χ1n) is 4.38. The van der Waals surface area contributed by atoms with E-state index < -0.39 is 15.9 Å². The first kappa shape index (κ1) is 11.2. The smallest absolute Gasteiger partial charge is 0.149 e. The number of hydrogen-bond donors (Lipinski definition) is 1. The number of rotatable bonds is 3. The highest BCUT2D eigenvalue weighted by atomic mass is 32.2. The molecule has 14 heavy (non-hydrogen) atoms. The van der Waals surface area contributed by atoms with Crippen LogP contribution in [0, 0.1) is 6.92 Å². The van der Waals surface area contributed by atoms with Crippen molar-refractivity contribution in [2.24, 2.45) is 5.73 Å². The van der Waals surface area contributed by atoms with E-state index in [1.165, 1.54) is 6.26 Å². The van der Waals surface area contributed by atoms with Gasteiger partial charge in [-0.15, -0.1) is 0 Å². The zero-order chi connectivity index (χ0) is 10.8. The summed E-state index contributed by atoms with van der Waals surface area (Å²) in [5, 5.41) is 0. The summed E-state index contributed by atoms with van der Waals surface area (Å²) in [5.41, 5.74) is 7.73. The Labute approximate surface area is 84.9 Å². The number of nitrogens with two attached hydrogens (primary N) is 1. The van der Waals surface area contributed by atoms with E-state index in [0.29, 0.717) is 0 Å². The molecule has 0 aliphatic carbocycles. The molecule has 0 unspecified atom stereocenters. The van der Waals surface area contributed by atoms with Crippen molar-refractivity contribution in [2.75, 3.05) is 12.0 Å². The van der Waals surface area contributed by atoms with Crippen LogP contribution in [-0.4, -0.2) is 20.4 Å². The summed E-state index contributed by atoms with van der Waals surface area (Å²) in [6.45, 7) is 1.96. The van der Waals surface area contributed by atoms with E-state index in [4.69, 9.17) is 5.73 Å². The summed E-state index contributed by atoms with van der Waals surface area (Å²) in [4.78, 5) is 0. The lowest BCUT2D eigenvalue weighted by Gasteiger charge is -2.10. The third-order valence-electron chi connectivity index (χ3n) is 1.95. The van der Waals surface area contributed by atoms with E-state index in [1.54, 1.807) is 0 Å². The van der Waals surface area contributed by atoms with Crippen LogP contribution in [0.25, 0.3) is 0 Å². The van der Waals surface area contributed by atoms with Crippen molar-refractivity contribution < 1.29 is 8.42 Å². The standard InChI is InChI=1S/C10H15NO2S/c1-8-4-3-5-9(6-8)10(11)7-14(2,12)13/h3-6,10H,7,11H2,1-2H3/t10-/m1/s1. The van der Waals surface area contributed by atoms with Crippen molar-refractivity contribution in [1.82, 2.24) is 0 Å². The normalized spacial score (nSPS) is 13.9. The maximum atomic E-state index is 11.0. The Bertz CT molecular complexity index is 412. The molecule has 0 amide bonds. The third kappa shape index (κ3) is 3.47. The first-order chi connectivity index (χ1) is 6.38. The number of hydrogen-bond acceptors (Lipinski definition) is 3. The predicted octanol–water partition coefficient (Wildman–Crippen LogP) is 1.04. The van der Waals surface area contributed by atoms with Gasteiger partial charge in [0.25, 0.3) is 0 Å². The summed E-state index contributed by atoms with van der Waals surface area (Å²) in [6.07, 6.45) is 1.20. The van der Waals surface area contributed by atoms with E-state index in [0.717, 1.165) is 11.1 Å². The Morgan fingerprint density at radius 3 is 2.57 bits per heavy atom. The number of benzene rings is 1. The summed E-state index contributed by atoms with van der Waals surface area (Å²) in [7, 11) is -3.01. The van der Waals surface area contributed by atoms with Crippen LogP contribution in [0.15, 0.2) is 24.3 Å². The Hall–Kier alpha value is -0.870. The summed E-state index contributed by atoms with van der Waals surface area (Å²) < 4.78 is 22.0. The SMILES string of the molecule is Cc1cccc([C@H](N)CS(C)(=O)=O)c1. The molecule has 0 aromatic heterocycles. The second kappa shape index (κ2) is 4.11. The van der Waals surface area contributed by atoms with Crippen LogP contribution in [0.1, 0.15) is 17.2 Å². The molecular weight excluding hydrogens is 198 g/mol. The predicted molar refractivity (Wildman–Crippen MR) is 57.8 cm³/mol. The van der Waals surface area contributed by atoms with Gasteiger partial charge in [0.2, 0.25) is 0 Å². The van der Waals surface area contributed by atoms with Gasteiger partial charge in [-0.05, 0) is 12.5 Å². The molecule has 0 aliphatic heterocycles. The number of sulfone groups is 1. The van der Waals surface area contributed by atoms with Crippen LogP contribution >= 0.6 is 0 Å². The highest BCUT2D eigenvalue weighted by Gasteiger charge is 2.12. The van der Waals surface area contributed by atoms with E-state index in [2.05, 4.69) is 0 Å². The second-order valence-corrected chi connectivity index (χ2v) is 5.80. The first-order valence-corrected chi connectivity index (χ1v) is 6.44. The molecule has 1 atom stereocenters. The molecule has 2 N–H and O–H groups in total. The molecular formula is C10H15NO2S. The lowest BCUT2D eigenvalue weighted by atomic mass is 10.1. The monoisotopic (exact) mass is 213 g/mol. The summed E-state index contributed by atoms with van der Waals surface area (Å²) >= 11 is 0. The summed E-state index contributed by atoms with van der Waals surface area (Å²) in [5.74, 6) is -0.00352. The molecule has 1 aromatic carbocycles. The van der Waals surface area contributed by atoms with Crippen LogP contribution in [0.5, 0.6) is 0 Å². The Balaban J connectivity index is 2.85. The Kier molecular flexibility index (Phi) is 3.29. The van der Waals surface area contributed by atoms with Crippen molar-refractivity contribution in [3.05, 3.63) is 35.4 Å². The highest BCUT2D eigenvalue weighted by Crippen LogP contribution is 2.13. The van der Waals surface area contributed by atoms with Gasteiger partial charge in [0.1, 0.15) is 9.84 Å². The van der Waals surface area contributed by atoms with Gasteiger partial charge in [-0.25, -0.2) is 8.42 Å². The average molecular weight is 213 g/mol. The summed E-state index contributed by atoms with van der Waals surface area (Å²) in [6, 6.07) is 7.17. The fourth-order valence-electron chi connectivity index (χ4n) is 1.32. The van der Waals surface area contributed by atoms with Gasteiger partial charge < -0.3 is 5.73 Å². The van der Waals surface area contributed by atoms with Crippen LogP contribution < -0.4 is 5.73 Å². The average Bonchev–Trinajstić information content (AvgIpc) is 2.01. The third-order valence-corrected chi connectivity index (χ3v) is 2.92. The van der Waals surface area contributed by atoms with Crippen LogP contribution in [0.3, 0.4) is 0 Å². The Morgan fingerprint density at radius 1 is 1.43 bits per heavy atom. The van der Waals surface area contributed by atoms with Gasteiger partial charge in [-0.3, -0.25) is 0 Å². The van der Waals surface area contributed by atoms with Gasteiger partial charge in [-0.1, -0.05) is 29.8 Å². The van der Waals surface area contributed by atoms with E-state index in [-0.39, 0.29) is 5.75 Å². The zero-order valence-corrected chi connectivity index (χ0v) is 9.21. The molecule has 0 saturated heterocycles. The molecule has 78 valence electrons. The molecule has 0 heterocycles. The van der Waals surface area contributed by atoms with Crippen LogP contribution in [0.2, 0.25) is 0 Å². The highest BCUT2D eigenvalue weighted by molar-refractivity contribution is 7.90. The largest absolute Gasteiger partial charge is 0.323 e. The molecule has 0 aliphatic rings. The van der Waals surface area contributed by atoms with E-state index in [9.17, 15) is 8.42 Å². The van der Waals surface area contributed by atoms with Crippen molar-refractivity contribution in [1.29, 1.82) is 0 Å². The maximum Gasteiger partial charge on any atom is 0.149 e. The van der Waals surface area contributed by atoms with E-state index in [1.807, 2.05) is 31.2 Å². The quantitative estimate of drug-likeness (QED) is 0.816. The molecule has 0 saturated carbocycles. The minimum Gasteiger partial charge on any atom is -0.323 e. The minimum atomic E-state index is -3.01. The molecule has 0 spiro atoms. The zero-order valence-electron chi connectivity index (χ0n) is 8.40. The molecule has 3 nitrogen and oxygen atoms in total. The van der Waals surface area contributed by atoms with Crippen molar-refractivity contribution in [2.45, 2.75) is 13.0 Å². The maximum absolute atomic E-state index is 11.0. The van der Waals surface area contributed by atoms with Crippen LogP contribution in [0.4, 0.5) is 0 Å². The topological polar surface area (TPSA) is 60.2 Å². The molecule has 0 radical (unpaired) electrons. The van der Waals surface area contributed by atoms with Gasteiger partial charge in [0.05, 0.1) is 5.75 Å². The number of aryl methyl sites for hydroxylation is 1. The molecule has 0 fully saturated rings. The molecule has 1 aromatic rings. The Morgan fingerprint density at radius 2 is 2.07 bits per heavy atom. The molecule has 4 heteroatoms. The lowest BCUT2D eigenvalue weighted by molar-refractivity contribution is 0.594. The fraction of sp³-hybridized carbons (Fsp3) is 0.400. The van der Waals surface area contributed by atoms with Gasteiger partial charge in [-0.2, -0.15) is 0 Å². The van der Waals surface area contributed by atoms with Crippen molar-refractivity contribution in [3.63, 3.8) is 0 Å². The van der Waals surface area contributed by atoms with Gasteiger partial charge in [0.15, 0.2) is 0 Å². The molecule has 1 rings (SSSR count). The fourth-order valence-corrected chi connectivity index (χ4v) is 2.17.